The number of imidazole rings is 1. The van der Waals surface area contributed by atoms with E-state index in [0.29, 0.717) is 25.5 Å². The van der Waals surface area contributed by atoms with Crippen LogP contribution in [0.5, 0.6) is 0 Å². The SMILES string of the molecule is CC#CCn1c(N2CCC[C@H](NC(=O)OC(C)(C)C)C2)nc2c1c(=O)n(CC(=O)c1ccccc1[N+](=O)[O-])c(=O)n2C. The molecule has 0 bridgehead atoms. The summed E-state index contributed by atoms with van der Waals surface area (Å²) in [4.78, 5) is 69.9. The van der Waals surface area contributed by atoms with Gasteiger partial charge in [-0.2, -0.15) is 4.98 Å². The van der Waals surface area contributed by atoms with Gasteiger partial charge in [-0.15, -0.1) is 5.92 Å². The normalized spacial score (nSPS) is 15.2. The van der Waals surface area contributed by atoms with Crippen molar-refractivity contribution in [1.29, 1.82) is 0 Å². The third kappa shape index (κ3) is 6.19. The van der Waals surface area contributed by atoms with E-state index in [1.807, 2.05) is 4.90 Å². The Balaban J connectivity index is 1.76. The largest absolute Gasteiger partial charge is 0.444 e. The molecule has 1 saturated heterocycles. The van der Waals surface area contributed by atoms with Crippen molar-refractivity contribution in [3.05, 3.63) is 60.8 Å². The Labute approximate surface area is 241 Å². The Morgan fingerprint density at radius 3 is 2.60 bits per heavy atom. The molecule has 42 heavy (non-hydrogen) atoms. The number of ether oxygens (including phenoxy) is 1. The molecule has 3 heterocycles. The van der Waals surface area contributed by atoms with E-state index in [9.17, 15) is 29.3 Å². The minimum atomic E-state index is -0.791. The van der Waals surface area contributed by atoms with Crippen molar-refractivity contribution in [2.45, 2.75) is 65.3 Å². The molecule has 3 aromatic rings. The van der Waals surface area contributed by atoms with Gasteiger partial charge in [0.1, 0.15) is 5.60 Å². The summed E-state index contributed by atoms with van der Waals surface area (Å²) in [5, 5.41) is 14.3. The van der Waals surface area contributed by atoms with Crippen molar-refractivity contribution in [3.63, 3.8) is 0 Å². The van der Waals surface area contributed by atoms with E-state index >= 15 is 0 Å². The maximum atomic E-state index is 13.8. The number of Topliss-reactive ketones (excluding diaryl/α,β-unsaturated/α-hetero) is 1. The number of hydrogen-bond donors (Lipinski definition) is 1. The second kappa shape index (κ2) is 11.9. The van der Waals surface area contributed by atoms with Crippen molar-refractivity contribution < 1.29 is 19.2 Å². The van der Waals surface area contributed by atoms with Gasteiger partial charge in [0, 0.05) is 32.2 Å². The third-order valence-electron chi connectivity index (χ3n) is 6.75. The number of rotatable bonds is 7. The molecule has 1 atom stereocenters. The quantitative estimate of drug-likeness (QED) is 0.191. The number of alkyl carbamates (subject to hydrolysis) is 1. The van der Waals surface area contributed by atoms with E-state index in [1.165, 1.54) is 35.9 Å². The molecule has 0 saturated carbocycles. The molecular formula is C28H33N7O7. The van der Waals surface area contributed by atoms with Crippen LogP contribution in [-0.4, -0.2) is 60.2 Å². The molecule has 4 rings (SSSR count). The summed E-state index contributed by atoms with van der Waals surface area (Å²) in [6.07, 6.45) is 0.897. The first-order valence-electron chi connectivity index (χ1n) is 13.4. The summed E-state index contributed by atoms with van der Waals surface area (Å²) in [6, 6.07) is 5.12. The number of amides is 1. The molecule has 14 nitrogen and oxygen atoms in total. The van der Waals surface area contributed by atoms with Crippen LogP contribution in [-0.2, 0) is 24.9 Å². The smallest absolute Gasteiger partial charge is 0.407 e. The van der Waals surface area contributed by atoms with Crippen LogP contribution in [0.2, 0.25) is 0 Å². The number of carbonyl (C=O) groups excluding carboxylic acids is 2. The van der Waals surface area contributed by atoms with E-state index < -0.39 is 45.9 Å². The number of para-hydroxylation sites is 1. The van der Waals surface area contributed by atoms with E-state index in [0.717, 1.165) is 11.0 Å². The van der Waals surface area contributed by atoms with Gasteiger partial charge in [-0.3, -0.25) is 33.4 Å². The molecule has 0 unspecified atom stereocenters. The molecule has 1 amide bonds. The monoisotopic (exact) mass is 579 g/mol. The number of fused-ring (bicyclic) bond motifs is 1. The first-order chi connectivity index (χ1) is 19.8. The third-order valence-corrected chi connectivity index (χ3v) is 6.75. The zero-order valence-electron chi connectivity index (χ0n) is 24.2. The van der Waals surface area contributed by atoms with E-state index in [-0.39, 0.29) is 29.3 Å². The van der Waals surface area contributed by atoms with Gasteiger partial charge in [0.2, 0.25) is 5.95 Å². The van der Waals surface area contributed by atoms with Gasteiger partial charge in [0.05, 0.1) is 23.6 Å². The summed E-state index contributed by atoms with van der Waals surface area (Å²) in [6.45, 7) is 7.33. The van der Waals surface area contributed by atoms with Gasteiger partial charge < -0.3 is 15.0 Å². The lowest BCUT2D eigenvalue weighted by Crippen LogP contribution is -2.49. The molecule has 1 fully saturated rings. The summed E-state index contributed by atoms with van der Waals surface area (Å²) in [5.41, 5.74) is -2.67. The van der Waals surface area contributed by atoms with E-state index in [1.54, 1.807) is 32.3 Å². The van der Waals surface area contributed by atoms with Gasteiger partial charge in [-0.25, -0.2) is 9.59 Å². The number of anilines is 1. The molecule has 222 valence electrons. The standard InChI is InChI=1S/C28H33N7O7/c1-6-7-15-33-22-23(30-25(33)32-14-10-11-18(16-32)29-26(38)42-28(2,3)4)31(5)27(39)34(24(22)37)17-21(36)19-12-8-9-13-20(19)35(40)41/h8-9,12-13,18H,10-11,14-17H2,1-5H3,(H,29,38)/t18-/m0/s1. The Morgan fingerprint density at radius 1 is 1.21 bits per heavy atom. The number of nitro groups is 1. The van der Waals surface area contributed by atoms with E-state index in [2.05, 4.69) is 22.1 Å². The number of ketones is 1. The van der Waals surface area contributed by atoms with Crippen molar-refractivity contribution in [2.75, 3.05) is 18.0 Å². The molecule has 0 radical (unpaired) electrons. The van der Waals surface area contributed by atoms with Crippen LogP contribution >= 0.6 is 0 Å². The maximum Gasteiger partial charge on any atom is 0.407 e. The molecule has 0 aliphatic carbocycles. The van der Waals surface area contributed by atoms with Crippen LogP contribution < -0.4 is 21.5 Å². The molecule has 1 aromatic carbocycles. The van der Waals surface area contributed by atoms with Gasteiger partial charge in [-0.1, -0.05) is 18.1 Å². The van der Waals surface area contributed by atoms with Gasteiger partial charge >= 0.3 is 11.8 Å². The molecule has 1 aliphatic rings. The Hall–Kier alpha value is -4.93. The number of piperidine rings is 1. The number of aryl methyl sites for hydroxylation is 1. The number of benzene rings is 1. The fourth-order valence-corrected chi connectivity index (χ4v) is 4.90. The minimum absolute atomic E-state index is 0.0624. The van der Waals surface area contributed by atoms with Crippen molar-refractivity contribution in [3.8, 4) is 11.8 Å². The number of nitrogens with zero attached hydrogens (tertiary/aromatic N) is 6. The zero-order valence-corrected chi connectivity index (χ0v) is 24.2. The van der Waals surface area contributed by atoms with Crippen molar-refractivity contribution in [2.24, 2.45) is 7.05 Å². The predicted molar refractivity (Wildman–Crippen MR) is 155 cm³/mol. The summed E-state index contributed by atoms with van der Waals surface area (Å²) >= 11 is 0. The summed E-state index contributed by atoms with van der Waals surface area (Å²) in [7, 11) is 1.44. The van der Waals surface area contributed by atoms with Crippen LogP contribution in [0.3, 0.4) is 0 Å². The Kier molecular flexibility index (Phi) is 8.51. The highest BCUT2D eigenvalue weighted by atomic mass is 16.6. The Bertz CT molecular complexity index is 1730. The second-order valence-electron chi connectivity index (χ2n) is 11.0. The van der Waals surface area contributed by atoms with Crippen LogP contribution in [0.1, 0.15) is 50.9 Å². The lowest BCUT2D eigenvalue weighted by atomic mass is 10.1. The van der Waals surface area contributed by atoms with E-state index in [4.69, 9.17) is 4.74 Å². The highest BCUT2D eigenvalue weighted by molar-refractivity contribution is 5.99. The van der Waals surface area contributed by atoms with Gasteiger partial charge in [0.15, 0.2) is 16.9 Å². The average molecular weight is 580 g/mol. The lowest BCUT2D eigenvalue weighted by molar-refractivity contribution is -0.385. The summed E-state index contributed by atoms with van der Waals surface area (Å²) < 4.78 is 8.91. The second-order valence-corrected chi connectivity index (χ2v) is 11.0. The fourth-order valence-electron chi connectivity index (χ4n) is 4.90. The zero-order chi connectivity index (χ0) is 30.8. The fraction of sp³-hybridized carbons (Fsp3) is 0.464. The van der Waals surface area contributed by atoms with Crippen LogP contribution in [0.4, 0.5) is 16.4 Å². The summed E-state index contributed by atoms with van der Waals surface area (Å²) in [5.74, 6) is 5.37. The van der Waals surface area contributed by atoms with Gasteiger partial charge in [0.25, 0.3) is 11.2 Å². The highest BCUT2D eigenvalue weighted by Gasteiger charge is 2.30. The molecule has 0 spiro atoms. The number of carbonyl (C=O) groups is 2. The first kappa shape index (κ1) is 30.0. The van der Waals surface area contributed by atoms with Crippen LogP contribution in [0.15, 0.2) is 33.9 Å². The number of nitro benzene ring substituents is 1. The topological polar surface area (TPSA) is 164 Å². The lowest BCUT2D eigenvalue weighted by Gasteiger charge is -2.34. The minimum Gasteiger partial charge on any atom is -0.444 e. The van der Waals surface area contributed by atoms with Crippen LogP contribution in [0.25, 0.3) is 11.2 Å². The van der Waals surface area contributed by atoms with Crippen LogP contribution in [0, 0.1) is 22.0 Å². The first-order valence-corrected chi connectivity index (χ1v) is 13.4. The maximum absolute atomic E-state index is 13.8. The van der Waals surface area contributed by atoms with Gasteiger partial charge in [-0.05, 0) is 46.6 Å². The Morgan fingerprint density at radius 2 is 1.93 bits per heavy atom. The van der Waals surface area contributed by atoms with Crippen molar-refractivity contribution in [1.82, 2.24) is 24.0 Å². The number of hydrogen-bond acceptors (Lipinski definition) is 9. The number of nitrogens with one attached hydrogen (secondary N) is 1. The van der Waals surface area contributed by atoms with Crippen molar-refractivity contribution >= 4 is 34.7 Å². The molecule has 1 aliphatic heterocycles. The molecule has 14 heteroatoms. The molecule has 1 N–H and O–H groups in total. The number of aromatic nitrogens is 4. The molecular weight excluding hydrogens is 546 g/mol. The predicted octanol–water partition coefficient (Wildman–Crippen LogP) is 2.20. The average Bonchev–Trinajstić information content (AvgIpc) is 3.31. The molecule has 2 aromatic heterocycles. The highest BCUT2D eigenvalue weighted by Crippen LogP contribution is 2.24.